The van der Waals surface area contributed by atoms with Gasteiger partial charge in [-0.25, -0.2) is 0 Å². The summed E-state index contributed by atoms with van der Waals surface area (Å²) in [5, 5.41) is 1.20. The Morgan fingerprint density at radius 1 is 0.725 bits per heavy atom. The van der Waals surface area contributed by atoms with Crippen molar-refractivity contribution in [3.05, 3.63) is 103 Å². The van der Waals surface area contributed by atoms with Crippen LogP contribution in [0, 0.1) is 0 Å². The smallest absolute Gasteiger partial charge is 0.170 e. The molecule has 0 radical (unpaired) electrons. The maximum atomic E-state index is 6.36. The molecule has 0 amide bonds. The molecule has 5 nitrogen and oxygen atoms in total. The van der Waals surface area contributed by atoms with Gasteiger partial charge in [0.2, 0.25) is 0 Å². The average Bonchev–Trinajstić information content (AvgIpc) is 3.68. The monoisotopic (exact) mass is 551 g/mol. The molecule has 6 heteroatoms. The number of thiophene rings is 1. The van der Waals surface area contributed by atoms with Crippen LogP contribution in [0.3, 0.4) is 0 Å². The predicted octanol–water partition coefficient (Wildman–Crippen LogP) is 8.42. The molecule has 0 unspecified atom stereocenters. The van der Waals surface area contributed by atoms with E-state index in [1.54, 1.807) is 18.4 Å². The molecule has 2 heterocycles. The third-order valence-corrected chi connectivity index (χ3v) is 8.27. The zero-order valence-electron chi connectivity index (χ0n) is 22.7. The van der Waals surface area contributed by atoms with Crippen LogP contribution in [0.1, 0.15) is 18.4 Å². The molecule has 1 aliphatic rings. The fourth-order valence-electron chi connectivity index (χ4n) is 4.97. The van der Waals surface area contributed by atoms with Gasteiger partial charge in [-0.2, -0.15) is 0 Å². The molecule has 1 fully saturated rings. The van der Waals surface area contributed by atoms with Gasteiger partial charge in [-0.1, -0.05) is 48.5 Å². The van der Waals surface area contributed by atoms with Gasteiger partial charge in [0, 0.05) is 27.8 Å². The first-order valence-corrected chi connectivity index (χ1v) is 14.6. The van der Waals surface area contributed by atoms with Crippen molar-refractivity contribution in [3.63, 3.8) is 0 Å². The van der Waals surface area contributed by atoms with Gasteiger partial charge in [0.25, 0.3) is 0 Å². The van der Waals surface area contributed by atoms with Gasteiger partial charge in [-0.15, -0.1) is 11.3 Å². The Hall–Kier alpha value is -4.00. The predicted molar refractivity (Wildman–Crippen MR) is 162 cm³/mol. The highest BCUT2D eigenvalue weighted by molar-refractivity contribution is 7.22. The van der Waals surface area contributed by atoms with Crippen molar-refractivity contribution in [1.29, 1.82) is 0 Å². The number of methoxy groups -OCH3 is 1. The topological polar surface area (TPSA) is 40.2 Å². The SMILES string of the molecule is COc1cc(OCc2ccccc2)c(-c2cc3ccccc3s2)cc1Oc1ccc(OCCN2CCCC2)cc1. The van der Waals surface area contributed by atoms with Gasteiger partial charge in [-0.3, -0.25) is 4.90 Å². The average molecular weight is 552 g/mol. The van der Waals surface area contributed by atoms with Crippen LogP contribution in [-0.4, -0.2) is 38.3 Å². The van der Waals surface area contributed by atoms with E-state index >= 15 is 0 Å². The summed E-state index contributed by atoms with van der Waals surface area (Å²) >= 11 is 1.74. The second-order valence-electron chi connectivity index (χ2n) is 9.89. The minimum absolute atomic E-state index is 0.460. The molecule has 0 bridgehead atoms. The maximum Gasteiger partial charge on any atom is 0.170 e. The Morgan fingerprint density at radius 2 is 1.48 bits per heavy atom. The highest BCUT2D eigenvalue weighted by Gasteiger charge is 2.18. The largest absolute Gasteiger partial charge is 0.493 e. The van der Waals surface area contributed by atoms with Gasteiger partial charge < -0.3 is 18.9 Å². The Labute approximate surface area is 239 Å². The quantitative estimate of drug-likeness (QED) is 0.165. The van der Waals surface area contributed by atoms with Crippen LogP contribution in [0.2, 0.25) is 0 Å². The van der Waals surface area contributed by atoms with Crippen LogP contribution in [0.4, 0.5) is 0 Å². The summed E-state index contributed by atoms with van der Waals surface area (Å²) in [6.07, 6.45) is 2.58. The van der Waals surface area contributed by atoms with E-state index < -0.39 is 0 Å². The molecule has 0 saturated carbocycles. The second-order valence-corrected chi connectivity index (χ2v) is 11.0. The van der Waals surface area contributed by atoms with E-state index in [9.17, 15) is 0 Å². The molecule has 4 aromatic carbocycles. The zero-order chi connectivity index (χ0) is 27.1. The van der Waals surface area contributed by atoms with Crippen molar-refractivity contribution in [1.82, 2.24) is 4.90 Å². The lowest BCUT2D eigenvalue weighted by Gasteiger charge is -2.17. The highest BCUT2D eigenvalue weighted by atomic mass is 32.1. The molecule has 1 aliphatic heterocycles. The summed E-state index contributed by atoms with van der Waals surface area (Å²) < 4.78 is 25.7. The lowest BCUT2D eigenvalue weighted by molar-refractivity contribution is 0.237. The van der Waals surface area contributed by atoms with Crippen molar-refractivity contribution in [2.45, 2.75) is 19.4 Å². The van der Waals surface area contributed by atoms with Crippen molar-refractivity contribution >= 4 is 21.4 Å². The van der Waals surface area contributed by atoms with Crippen LogP contribution < -0.4 is 18.9 Å². The van der Waals surface area contributed by atoms with E-state index in [0.717, 1.165) is 34.0 Å². The molecular weight excluding hydrogens is 518 g/mol. The van der Waals surface area contributed by atoms with E-state index in [1.165, 1.54) is 36.0 Å². The van der Waals surface area contributed by atoms with Gasteiger partial charge in [0.15, 0.2) is 11.5 Å². The minimum atomic E-state index is 0.460. The summed E-state index contributed by atoms with van der Waals surface area (Å²) in [6.45, 7) is 4.47. The van der Waals surface area contributed by atoms with E-state index in [0.29, 0.717) is 30.5 Å². The number of nitrogens with zero attached hydrogens (tertiary/aromatic N) is 1. The first-order valence-electron chi connectivity index (χ1n) is 13.8. The third-order valence-electron chi connectivity index (χ3n) is 7.12. The summed E-state index contributed by atoms with van der Waals surface area (Å²) in [7, 11) is 1.65. The lowest BCUT2D eigenvalue weighted by Crippen LogP contribution is -2.25. The molecule has 0 aliphatic carbocycles. The molecule has 1 saturated heterocycles. The van der Waals surface area contributed by atoms with Crippen molar-refractivity contribution < 1.29 is 18.9 Å². The number of benzene rings is 4. The summed E-state index contributed by atoms with van der Waals surface area (Å²) in [4.78, 5) is 3.56. The Morgan fingerprint density at radius 3 is 2.25 bits per heavy atom. The van der Waals surface area contributed by atoms with Gasteiger partial charge in [0.1, 0.15) is 30.5 Å². The number of hydrogen-bond donors (Lipinski definition) is 0. The summed E-state index contributed by atoms with van der Waals surface area (Å²) in [5.74, 6) is 3.55. The standard InChI is InChI=1S/C34H33NO4S/c1-36-31-23-30(38-24-25-9-3-2-4-10-25)29(34-21-26-11-5-6-12-33(26)40-34)22-32(31)39-28-15-13-27(14-16-28)37-20-19-35-17-7-8-18-35/h2-6,9-16,21-23H,7-8,17-20,24H2,1H3. The minimum Gasteiger partial charge on any atom is -0.493 e. The Bertz CT molecular complexity index is 1510. The van der Waals surface area contributed by atoms with Crippen LogP contribution >= 0.6 is 11.3 Å². The second kappa shape index (κ2) is 12.5. The van der Waals surface area contributed by atoms with Gasteiger partial charge >= 0.3 is 0 Å². The first-order chi connectivity index (χ1) is 19.7. The molecule has 0 spiro atoms. The van der Waals surface area contributed by atoms with E-state index in [4.69, 9.17) is 18.9 Å². The normalized spacial score (nSPS) is 13.4. The number of ether oxygens (including phenoxy) is 4. The Balaban J connectivity index is 1.25. The van der Waals surface area contributed by atoms with Crippen molar-refractivity contribution in [2.24, 2.45) is 0 Å². The Kier molecular flexibility index (Phi) is 8.17. The number of rotatable bonds is 11. The van der Waals surface area contributed by atoms with E-state index in [1.807, 2.05) is 54.6 Å². The summed E-state index contributed by atoms with van der Waals surface area (Å²) in [6, 6.07) is 32.5. The number of fused-ring (bicyclic) bond motifs is 1. The molecule has 0 N–H and O–H groups in total. The molecule has 6 rings (SSSR count). The molecular formula is C34H33NO4S. The van der Waals surface area contributed by atoms with E-state index in [2.05, 4.69) is 47.4 Å². The van der Waals surface area contributed by atoms with E-state index in [-0.39, 0.29) is 0 Å². The highest BCUT2D eigenvalue weighted by Crippen LogP contribution is 2.45. The number of hydrogen-bond acceptors (Lipinski definition) is 6. The molecule has 5 aromatic rings. The zero-order valence-corrected chi connectivity index (χ0v) is 23.5. The van der Waals surface area contributed by atoms with Crippen LogP contribution in [0.15, 0.2) is 97.1 Å². The van der Waals surface area contributed by atoms with Crippen molar-refractivity contribution in [3.8, 4) is 39.2 Å². The lowest BCUT2D eigenvalue weighted by atomic mass is 10.1. The van der Waals surface area contributed by atoms with Crippen LogP contribution in [0.25, 0.3) is 20.5 Å². The fraction of sp³-hybridized carbons (Fsp3) is 0.235. The van der Waals surface area contributed by atoms with Gasteiger partial charge in [0.05, 0.1) is 7.11 Å². The molecule has 204 valence electrons. The summed E-state index contributed by atoms with van der Waals surface area (Å²) in [5.41, 5.74) is 2.07. The first kappa shape index (κ1) is 26.2. The third kappa shape index (κ3) is 6.24. The van der Waals surface area contributed by atoms with Crippen LogP contribution in [0.5, 0.6) is 28.7 Å². The molecule has 1 aromatic heterocycles. The van der Waals surface area contributed by atoms with Gasteiger partial charge in [-0.05, 0) is 79.3 Å². The van der Waals surface area contributed by atoms with Crippen molar-refractivity contribution in [2.75, 3.05) is 33.4 Å². The number of likely N-dealkylation sites (tertiary alicyclic amines) is 1. The maximum absolute atomic E-state index is 6.36. The molecule has 40 heavy (non-hydrogen) atoms. The van der Waals surface area contributed by atoms with Crippen LogP contribution in [-0.2, 0) is 6.61 Å². The molecule has 0 atom stereocenters. The fourth-order valence-corrected chi connectivity index (χ4v) is 6.06.